The Bertz CT molecular complexity index is 706. The van der Waals surface area contributed by atoms with E-state index in [4.69, 9.17) is 19.1 Å². The molecule has 0 aliphatic carbocycles. The third-order valence-electron chi connectivity index (χ3n) is 3.90. The van der Waals surface area contributed by atoms with Gasteiger partial charge in [-0.15, -0.1) is 0 Å². The summed E-state index contributed by atoms with van der Waals surface area (Å²) in [7, 11) is 3.10. The van der Waals surface area contributed by atoms with E-state index in [9.17, 15) is 4.79 Å². The molecule has 136 valence electrons. The molecule has 0 N–H and O–H groups in total. The van der Waals surface area contributed by atoms with E-state index in [-0.39, 0.29) is 5.41 Å². The molecule has 0 saturated heterocycles. The highest BCUT2D eigenvalue weighted by atomic mass is 16.7. The Morgan fingerprint density at radius 2 is 1.96 bits per heavy atom. The molecule has 0 amide bonds. The molecular weight excluding hydrogens is 324 g/mol. The van der Waals surface area contributed by atoms with Gasteiger partial charge in [0.25, 0.3) is 0 Å². The van der Waals surface area contributed by atoms with E-state index in [0.717, 1.165) is 5.71 Å². The second-order valence-corrected chi connectivity index (χ2v) is 7.01. The molecule has 25 heavy (non-hydrogen) atoms. The first-order chi connectivity index (χ1) is 11.7. The molecule has 0 radical (unpaired) electrons. The van der Waals surface area contributed by atoms with Gasteiger partial charge in [-0.2, -0.15) is 0 Å². The number of nitrogens with zero attached hydrogens (tertiary/aromatic N) is 2. The van der Waals surface area contributed by atoms with E-state index >= 15 is 0 Å². The molecule has 1 aliphatic rings. The lowest BCUT2D eigenvalue weighted by molar-refractivity contribution is -0.167. The molecule has 1 aromatic carbocycles. The quantitative estimate of drug-likeness (QED) is 0.464. The maximum absolute atomic E-state index is 12.3. The number of oxime groups is 2. The van der Waals surface area contributed by atoms with Crippen molar-refractivity contribution in [3.05, 3.63) is 23.8 Å². The van der Waals surface area contributed by atoms with Gasteiger partial charge in [-0.1, -0.05) is 31.1 Å². The number of hydrogen-bond donors (Lipinski definition) is 0. The topological polar surface area (TPSA) is 78.7 Å². The number of carbonyl (C=O) groups is 1. The molecule has 1 heterocycles. The maximum atomic E-state index is 12.3. The third-order valence-corrected chi connectivity index (χ3v) is 3.90. The van der Waals surface area contributed by atoms with Crippen LogP contribution >= 0.6 is 0 Å². The summed E-state index contributed by atoms with van der Waals surface area (Å²) >= 11 is 0. The van der Waals surface area contributed by atoms with Gasteiger partial charge in [0, 0.05) is 17.4 Å². The van der Waals surface area contributed by atoms with Gasteiger partial charge < -0.3 is 19.1 Å². The van der Waals surface area contributed by atoms with Crippen LogP contribution in [0.15, 0.2) is 28.5 Å². The molecule has 0 aromatic heterocycles. The van der Waals surface area contributed by atoms with Crippen LogP contribution in [0.1, 0.15) is 39.7 Å². The van der Waals surface area contributed by atoms with Gasteiger partial charge in [-0.25, -0.2) is 4.79 Å². The van der Waals surface area contributed by atoms with Gasteiger partial charge in [0.05, 0.1) is 26.1 Å². The lowest BCUT2D eigenvalue weighted by Crippen LogP contribution is -2.37. The minimum Gasteiger partial charge on any atom is -0.493 e. The SMILES string of the molecule is COc1ccc(/C=N/OC(=O)C2(C)CC(C(C)(C)C)=NO2)cc1OC. The summed E-state index contributed by atoms with van der Waals surface area (Å²) in [5.74, 6) is 0.578. The summed E-state index contributed by atoms with van der Waals surface area (Å²) in [6.45, 7) is 7.69. The average molecular weight is 348 g/mol. The average Bonchev–Trinajstić information content (AvgIpc) is 2.98. The summed E-state index contributed by atoms with van der Waals surface area (Å²) in [5.41, 5.74) is 0.198. The summed E-state index contributed by atoms with van der Waals surface area (Å²) in [6.07, 6.45) is 1.80. The number of hydrogen-bond acceptors (Lipinski definition) is 7. The molecular formula is C18H24N2O5. The standard InChI is InChI=1S/C18H24N2O5/c1-17(2,3)15-10-18(4,25-20-15)16(21)24-19-11-12-7-8-13(22-5)14(9-12)23-6/h7-9,11H,10H2,1-6H3/b19-11+. The molecule has 7 nitrogen and oxygen atoms in total. The molecule has 0 saturated carbocycles. The minimum absolute atomic E-state index is 0.166. The molecule has 1 unspecified atom stereocenters. The van der Waals surface area contributed by atoms with Crippen molar-refractivity contribution in [1.82, 2.24) is 0 Å². The largest absolute Gasteiger partial charge is 0.493 e. The Morgan fingerprint density at radius 1 is 1.28 bits per heavy atom. The lowest BCUT2D eigenvalue weighted by atomic mass is 9.84. The first kappa shape index (κ1) is 18.8. The number of benzene rings is 1. The zero-order valence-corrected chi connectivity index (χ0v) is 15.5. The Labute approximate surface area is 147 Å². The number of carbonyl (C=O) groups excluding carboxylic acids is 1. The monoisotopic (exact) mass is 348 g/mol. The zero-order valence-electron chi connectivity index (χ0n) is 15.5. The van der Waals surface area contributed by atoms with Crippen molar-refractivity contribution in [3.8, 4) is 11.5 Å². The van der Waals surface area contributed by atoms with Crippen LogP contribution in [0.2, 0.25) is 0 Å². The van der Waals surface area contributed by atoms with Crippen molar-refractivity contribution in [1.29, 1.82) is 0 Å². The summed E-state index contributed by atoms with van der Waals surface area (Å²) in [4.78, 5) is 22.6. The molecule has 0 spiro atoms. The highest BCUT2D eigenvalue weighted by Crippen LogP contribution is 2.32. The van der Waals surface area contributed by atoms with Gasteiger partial charge >= 0.3 is 5.97 Å². The summed E-state index contributed by atoms with van der Waals surface area (Å²) in [6, 6.07) is 5.24. The molecule has 2 rings (SSSR count). The van der Waals surface area contributed by atoms with E-state index in [1.165, 1.54) is 6.21 Å². The molecule has 1 aromatic rings. The van der Waals surface area contributed by atoms with Crippen LogP contribution in [0, 0.1) is 5.41 Å². The van der Waals surface area contributed by atoms with E-state index < -0.39 is 11.6 Å². The van der Waals surface area contributed by atoms with Crippen LogP contribution < -0.4 is 9.47 Å². The number of methoxy groups -OCH3 is 2. The maximum Gasteiger partial charge on any atom is 0.381 e. The van der Waals surface area contributed by atoms with Crippen LogP contribution in [0.4, 0.5) is 0 Å². The van der Waals surface area contributed by atoms with Gasteiger partial charge in [0.15, 0.2) is 11.5 Å². The Balaban J connectivity index is 2.00. The van der Waals surface area contributed by atoms with Crippen LogP contribution in [-0.2, 0) is 14.5 Å². The van der Waals surface area contributed by atoms with Gasteiger partial charge in [0.2, 0.25) is 5.60 Å². The zero-order chi connectivity index (χ0) is 18.7. The van der Waals surface area contributed by atoms with Crippen molar-refractivity contribution in [2.45, 2.75) is 39.7 Å². The Hall–Kier alpha value is -2.57. The van der Waals surface area contributed by atoms with Crippen LogP contribution in [0.25, 0.3) is 0 Å². The van der Waals surface area contributed by atoms with E-state index in [2.05, 4.69) is 10.3 Å². The second-order valence-electron chi connectivity index (χ2n) is 7.01. The third kappa shape index (κ3) is 4.29. The van der Waals surface area contributed by atoms with E-state index in [1.807, 2.05) is 20.8 Å². The molecule has 0 fully saturated rings. The first-order valence-corrected chi connectivity index (χ1v) is 7.92. The van der Waals surface area contributed by atoms with Crippen molar-refractivity contribution < 1.29 is 23.9 Å². The lowest BCUT2D eigenvalue weighted by Gasteiger charge is -2.20. The van der Waals surface area contributed by atoms with E-state index in [1.54, 1.807) is 39.3 Å². The highest BCUT2D eigenvalue weighted by molar-refractivity contribution is 5.96. The summed E-state index contributed by atoms with van der Waals surface area (Å²) < 4.78 is 10.4. The van der Waals surface area contributed by atoms with Crippen LogP contribution in [0.5, 0.6) is 11.5 Å². The molecule has 1 aliphatic heterocycles. The van der Waals surface area contributed by atoms with Crippen LogP contribution in [0.3, 0.4) is 0 Å². The van der Waals surface area contributed by atoms with Gasteiger partial charge in [-0.05, 0) is 25.1 Å². The fraction of sp³-hybridized carbons (Fsp3) is 0.500. The van der Waals surface area contributed by atoms with Crippen molar-refractivity contribution in [2.75, 3.05) is 14.2 Å². The normalized spacial score (nSPS) is 20.2. The van der Waals surface area contributed by atoms with Gasteiger partial charge in [-0.3, -0.25) is 0 Å². The Kier molecular flexibility index (Phi) is 5.35. The Morgan fingerprint density at radius 3 is 2.52 bits per heavy atom. The number of ether oxygens (including phenoxy) is 2. The fourth-order valence-electron chi connectivity index (χ4n) is 2.22. The molecule has 7 heteroatoms. The van der Waals surface area contributed by atoms with Crippen molar-refractivity contribution >= 4 is 17.9 Å². The first-order valence-electron chi connectivity index (χ1n) is 7.92. The summed E-state index contributed by atoms with van der Waals surface area (Å²) in [5, 5.41) is 7.77. The highest BCUT2D eigenvalue weighted by Gasteiger charge is 2.46. The van der Waals surface area contributed by atoms with E-state index in [0.29, 0.717) is 23.5 Å². The fourth-order valence-corrected chi connectivity index (χ4v) is 2.22. The minimum atomic E-state index is -1.16. The van der Waals surface area contributed by atoms with Crippen LogP contribution in [-0.4, -0.2) is 37.7 Å². The molecule has 0 bridgehead atoms. The predicted octanol–water partition coefficient (Wildman–Crippen LogP) is 3.16. The molecule has 1 atom stereocenters. The number of rotatable bonds is 5. The van der Waals surface area contributed by atoms with Crippen molar-refractivity contribution in [3.63, 3.8) is 0 Å². The predicted molar refractivity (Wildman–Crippen MR) is 94.2 cm³/mol. The van der Waals surface area contributed by atoms with Crippen molar-refractivity contribution in [2.24, 2.45) is 15.7 Å². The van der Waals surface area contributed by atoms with Gasteiger partial charge in [0.1, 0.15) is 0 Å². The smallest absolute Gasteiger partial charge is 0.381 e. The second kappa shape index (κ2) is 7.13.